The molecule has 2 aliphatic heterocycles. The van der Waals surface area contributed by atoms with Crippen LogP contribution in [0.3, 0.4) is 0 Å². The zero-order chi connectivity index (χ0) is 23.9. The minimum absolute atomic E-state index is 0.237. The van der Waals surface area contributed by atoms with E-state index in [4.69, 9.17) is 26.1 Å². The summed E-state index contributed by atoms with van der Waals surface area (Å²) in [5.41, 5.74) is 1.52. The van der Waals surface area contributed by atoms with Crippen LogP contribution in [-0.2, 0) is 10.0 Å². The average Bonchev–Trinajstić information content (AvgIpc) is 3.00. The lowest BCUT2D eigenvalue weighted by Crippen LogP contribution is -2.55. The quantitative estimate of drug-likeness (QED) is 0.513. The molecule has 34 heavy (non-hydrogen) atoms. The van der Waals surface area contributed by atoms with Crippen LogP contribution >= 0.6 is 11.6 Å². The van der Waals surface area contributed by atoms with Crippen molar-refractivity contribution < 1.29 is 17.9 Å². The van der Waals surface area contributed by atoms with Crippen molar-refractivity contribution >= 4 is 33.1 Å². The highest BCUT2D eigenvalue weighted by molar-refractivity contribution is 7.89. The van der Waals surface area contributed by atoms with Gasteiger partial charge in [0.25, 0.3) is 0 Å². The Labute approximate surface area is 204 Å². The number of hydrogen-bond acceptors (Lipinski definition) is 6. The van der Waals surface area contributed by atoms with E-state index in [9.17, 15) is 8.42 Å². The number of benzene rings is 3. The molecule has 0 N–H and O–H groups in total. The van der Waals surface area contributed by atoms with E-state index in [1.807, 2.05) is 49.4 Å². The third-order valence-electron chi connectivity index (χ3n) is 6.03. The maximum absolute atomic E-state index is 13.3. The molecule has 0 saturated carbocycles. The Kier molecular flexibility index (Phi) is 5.97. The van der Waals surface area contributed by atoms with E-state index in [0.29, 0.717) is 41.9 Å². The largest absolute Gasteiger partial charge is 0.497 e. The molecule has 0 radical (unpaired) electrons. The lowest BCUT2D eigenvalue weighted by Gasteiger charge is -2.40. The van der Waals surface area contributed by atoms with Gasteiger partial charge in [0.2, 0.25) is 10.0 Å². The molecule has 2 aliphatic rings. The van der Waals surface area contributed by atoms with Gasteiger partial charge < -0.3 is 14.4 Å². The van der Waals surface area contributed by atoms with Gasteiger partial charge in [-0.05, 0) is 61.5 Å². The summed E-state index contributed by atoms with van der Waals surface area (Å²) >= 11 is 5.95. The normalized spacial score (nSPS) is 18.3. The Morgan fingerprint density at radius 2 is 1.79 bits per heavy atom. The van der Waals surface area contributed by atoms with Crippen LogP contribution in [0.15, 0.2) is 76.6 Å². The predicted molar refractivity (Wildman–Crippen MR) is 132 cm³/mol. The number of para-hydroxylation sites is 2. The number of piperazine rings is 1. The monoisotopic (exact) mass is 497 g/mol. The number of sulfonamides is 1. The molecule has 1 fully saturated rings. The number of rotatable bonds is 3. The zero-order valence-electron chi connectivity index (χ0n) is 18.8. The van der Waals surface area contributed by atoms with E-state index in [1.165, 1.54) is 0 Å². The van der Waals surface area contributed by atoms with Crippen LogP contribution < -0.4 is 9.47 Å². The van der Waals surface area contributed by atoms with Gasteiger partial charge in [0, 0.05) is 30.7 Å². The van der Waals surface area contributed by atoms with E-state index in [-0.39, 0.29) is 10.9 Å². The molecule has 1 saturated heterocycles. The fourth-order valence-corrected chi connectivity index (χ4v) is 6.04. The molecule has 7 nitrogen and oxygen atoms in total. The predicted octanol–water partition coefficient (Wildman–Crippen LogP) is 4.93. The second kappa shape index (κ2) is 8.94. The summed E-state index contributed by atoms with van der Waals surface area (Å²) in [4.78, 5) is 7.30. The number of fused-ring (bicyclic) bond motifs is 2. The molecule has 5 rings (SSSR count). The molecule has 176 valence electrons. The van der Waals surface area contributed by atoms with Crippen molar-refractivity contribution in [3.8, 4) is 17.2 Å². The van der Waals surface area contributed by atoms with Crippen LogP contribution in [-0.4, -0.2) is 56.2 Å². The molecule has 0 aromatic heterocycles. The van der Waals surface area contributed by atoms with Crippen molar-refractivity contribution in [3.05, 3.63) is 77.3 Å². The second-order valence-electron chi connectivity index (χ2n) is 8.23. The lowest BCUT2D eigenvalue weighted by molar-refractivity contribution is 0.205. The first-order chi connectivity index (χ1) is 16.4. The van der Waals surface area contributed by atoms with Gasteiger partial charge in [-0.15, -0.1) is 0 Å². The molecule has 9 heteroatoms. The van der Waals surface area contributed by atoms with E-state index in [0.717, 1.165) is 17.1 Å². The fraction of sp³-hybridized carbons (Fsp3) is 0.240. The topological polar surface area (TPSA) is 71.4 Å². The van der Waals surface area contributed by atoms with Crippen LogP contribution in [0.5, 0.6) is 17.2 Å². The maximum atomic E-state index is 13.3. The summed E-state index contributed by atoms with van der Waals surface area (Å²) in [6.07, 6.45) is 0. The summed E-state index contributed by atoms with van der Waals surface area (Å²) in [6.45, 7) is 3.19. The molecular formula is C25H24ClN3O4S. The third-order valence-corrected chi connectivity index (χ3v) is 8.31. The molecule has 0 bridgehead atoms. The van der Waals surface area contributed by atoms with Crippen LogP contribution in [0.2, 0.25) is 5.02 Å². The van der Waals surface area contributed by atoms with Crippen molar-refractivity contribution in [2.75, 3.05) is 26.7 Å². The fourth-order valence-electron chi connectivity index (χ4n) is 4.30. The van der Waals surface area contributed by atoms with Gasteiger partial charge in [-0.1, -0.05) is 23.7 Å². The van der Waals surface area contributed by atoms with Crippen LogP contribution in [0.4, 0.5) is 5.69 Å². The summed E-state index contributed by atoms with van der Waals surface area (Å²) in [7, 11) is -2.03. The van der Waals surface area contributed by atoms with Crippen molar-refractivity contribution in [2.24, 2.45) is 4.99 Å². The van der Waals surface area contributed by atoms with E-state index in [2.05, 4.69) is 4.90 Å². The van der Waals surface area contributed by atoms with Gasteiger partial charge in [0.05, 0.1) is 17.6 Å². The van der Waals surface area contributed by atoms with E-state index in [1.54, 1.807) is 35.7 Å². The number of aliphatic imine (C=N–C) groups is 1. The third kappa shape index (κ3) is 4.13. The van der Waals surface area contributed by atoms with Gasteiger partial charge in [-0.3, -0.25) is 0 Å². The first kappa shape index (κ1) is 22.7. The first-order valence-corrected chi connectivity index (χ1v) is 12.7. The van der Waals surface area contributed by atoms with Crippen LogP contribution in [0.25, 0.3) is 0 Å². The molecule has 1 unspecified atom stereocenters. The lowest BCUT2D eigenvalue weighted by atomic mass is 10.1. The van der Waals surface area contributed by atoms with E-state index >= 15 is 0 Å². The number of hydrogen-bond donors (Lipinski definition) is 0. The minimum Gasteiger partial charge on any atom is -0.497 e. The van der Waals surface area contributed by atoms with Crippen LogP contribution in [0.1, 0.15) is 12.5 Å². The number of nitrogens with zero attached hydrogens (tertiary/aromatic N) is 3. The van der Waals surface area contributed by atoms with Gasteiger partial charge in [0.1, 0.15) is 23.0 Å². The second-order valence-corrected chi connectivity index (χ2v) is 10.6. The van der Waals surface area contributed by atoms with Crippen molar-refractivity contribution in [1.82, 2.24) is 9.21 Å². The molecule has 2 heterocycles. The summed E-state index contributed by atoms with van der Waals surface area (Å²) in [5, 5.41) is 0.500. The number of halogens is 1. The van der Waals surface area contributed by atoms with Gasteiger partial charge in [0.15, 0.2) is 5.75 Å². The Morgan fingerprint density at radius 1 is 1.03 bits per heavy atom. The molecule has 0 amide bonds. The van der Waals surface area contributed by atoms with Crippen molar-refractivity contribution in [3.63, 3.8) is 0 Å². The highest BCUT2D eigenvalue weighted by atomic mass is 35.5. The average molecular weight is 498 g/mol. The van der Waals surface area contributed by atoms with E-state index < -0.39 is 10.0 Å². The Bertz CT molecular complexity index is 1360. The minimum atomic E-state index is -3.65. The molecule has 3 aromatic carbocycles. The molecule has 0 spiro atoms. The Balaban J connectivity index is 1.49. The molecule has 0 aliphatic carbocycles. The van der Waals surface area contributed by atoms with Crippen LogP contribution in [0, 0.1) is 0 Å². The summed E-state index contributed by atoms with van der Waals surface area (Å²) in [6, 6.07) is 19.2. The smallest absolute Gasteiger partial charge is 0.243 e. The molecule has 3 aromatic rings. The summed E-state index contributed by atoms with van der Waals surface area (Å²) in [5.74, 6) is 2.77. The maximum Gasteiger partial charge on any atom is 0.243 e. The summed E-state index contributed by atoms with van der Waals surface area (Å²) < 4.78 is 39.7. The Morgan fingerprint density at radius 3 is 2.53 bits per heavy atom. The Hall–Kier alpha value is -3.07. The number of methoxy groups -OCH3 is 1. The number of amidine groups is 1. The SMILES string of the molecule is COc1ccc2c(c1)C(N1CCN(S(=O)(=O)c3ccc(Cl)cc3)C(C)C1)=Nc1ccccc1O2. The van der Waals surface area contributed by atoms with Gasteiger partial charge in [-0.25, -0.2) is 13.4 Å². The standard InChI is InChI=1S/C25H24ClN3O4S/c1-17-16-28(13-14-29(17)34(30,31)20-10-7-18(26)8-11-20)25-21-15-19(32-2)9-12-23(21)33-24-6-4-3-5-22(24)27-25/h3-12,15,17H,13-14,16H2,1-2H3. The van der Waals surface area contributed by atoms with Crippen molar-refractivity contribution in [2.45, 2.75) is 17.9 Å². The molecular weight excluding hydrogens is 474 g/mol. The van der Waals surface area contributed by atoms with Gasteiger partial charge in [-0.2, -0.15) is 4.31 Å². The first-order valence-electron chi connectivity index (χ1n) is 10.9. The van der Waals surface area contributed by atoms with Crippen molar-refractivity contribution in [1.29, 1.82) is 0 Å². The zero-order valence-corrected chi connectivity index (χ0v) is 20.4. The molecule has 1 atom stereocenters. The number of ether oxygens (including phenoxy) is 2. The highest BCUT2D eigenvalue weighted by Gasteiger charge is 2.36. The van der Waals surface area contributed by atoms with Gasteiger partial charge >= 0.3 is 0 Å². The highest BCUT2D eigenvalue weighted by Crippen LogP contribution is 2.39.